The molecule has 0 spiro atoms. The first kappa shape index (κ1) is 18.5. The Labute approximate surface area is 172 Å². The van der Waals surface area contributed by atoms with Crippen LogP contribution in [0.5, 0.6) is 11.5 Å². The fraction of sp³-hybridized carbons (Fsp3) is 0.211. The highest BCUT2D eigenvalue weighted by Crippen LogP contribution is 2.32. The molecule has 1 aliphatic heterocycles. The first-order valence-electron chi connectivity index (χ1n) is 8.66. The summed E-state index contributed by atoms with van der Waals surface area (Å²) >= 11 is 6.89. The maximum atomic E-state index is 5.38. The lowest BCUT2D eigenvalue weighted by Crippen LogP contribution is -2.31. The van der Waals surface area contributed by atoms with Gasteiger partial charge in [-0.05, 0) is 49.8 Å². The Balaban J connectivity index is 1.34. The van der Waals surface area contributed by atoms with Gasteiger partial charge in [-0.3, -0.25) is 9.99 Å². The van der Waals surface area contributed by atoms with Crippen molar-refractivity contribution in [1.82, 2.24) is 20.3 Å². The number of benzene rings is 1. The minimum Gasteiger partial charge on any atom is -0.454 e. The standard InChI is InChI=1S/C19H19N5O2S2/c1-12-7-15(13(2)24(12)19-20-5-6-28-19)10-22-23-18(27)21-9-14-3-4-16-17(8-14)26-11-25-16/h3-8,10H,9,11H2,1-2H3,(H2,21,23,27)/b22-10-. The molecule has 28 heavy (non-hydrogen) atoms. The van der Waals surface area contributed by atoms with Crippen LogP contribution in [-0.4, -0.2) is 27.7 Å². The van der Waals surface area contributed by atoms with Crippen LogP contribution in [0.15, 0.2) is 40.9 Å². The first-order chi connectivity index (χ1) is 13.6. The van der Waals surface area contributed by atoms with Gasteiger partial charge in [0.2, 0.25) is 6.79 Å². The van der Waals surface area contributed by atoms with Gasteiger partial charge in [-0.2, -0.15) is 5.10 Å². The van der Waals surface area contributed by atoms with Crippen LogP contribution >= 0.6 is 23.6 Å². The molecule has 0 saturated carbocycles. The van der Waals surface area contributed by atoms with Crippen LogP contribution in [0.2, 0.25) is 0 Å². The van der Waals surface area contributed by atoms with Gasteiger partial charge in [-0.1, -0.05) is 6.07 Å². The van der Waals surface area contributed by atoms with E-state index in [0.717, 1.165) is 39.1 Å². The van der Waals surface area contributed by atoms with Crippen molar-refractivity contribution >= 4 is 34.9 Å². The number of hydrogen-bond donors (Lipinski definition) is 2. The van der Waals surface area contributed by atoms with Crippen molar-refractivity contribution in [3.05, 3.63) is 58.4 Å². The molecule has 0 radical (unpaired) electrons. The van der Waals surface area contributed by atoms with Gasteiger partial charge in [0.25, 0.3) is 0 Å². The molecule has 9 heteroatoms. The molecular weight excluding hydrogens is 394 g/mol. The fourth-order valence-electron chi connectivity index (χ4n) is 2.97. The van der Waals surface area contributed by atoms with Gasteiger partial charge in [0.05, 0.1) is 6.21 Å². The summed E-state index contributed by atoms with van der Waals surface area (Å²) in [5.41, 5.74) is 7.10. The molecule has 0 atom stereocenters. The van der Waals surface area contributed by atoms with E-state index < -0.39 is 0 Å². The van der Waals surface area contributed by atoms with E-state index in [-0.39, 0.29) is 6.79 Å². The second kappa shape index (κ2) is 7.99. The normalized spacial score (nSPS) is 12.5. The van der Waals surface area contributed by atoms with E-state index in [1.54, 1.807) is 23.7 Å². The van der Waals surface area contributed by atoms with Crippen molar-refractivity contribution in [3.8, 4) is 16.6 Å². The van der Waals surface area contributed by atoms with Gasteiger partial charge < -0.3 is 14.8 Å². The Bertz CT molecular complexity index is 1030. The zero-order chi connectivity index (χ0) is 19.5. The molecule has 2 aromatic heterocycles. The van der Waals surface area contributed by atoms with Crippen molar-refractivity contribution in [2.75, 3.05) is 6.79 Å². The third-order valence-corrected chi connectivity index (χ3v) is 5.33. The number of hydrazone groups is 1. The summed E-state index contributed by atoms with van der Waals surface area (Å²) in [5.74, 6) is 1.52. The Morgan fingerprint density at radius 3 is 3.00 bits per heavy atom. The van der Waals surface area contributed by atoms with Crippen LogP contribution in [0, 0.1) is 13.8 Å². The molecule has 1 aromatic carbocycles. The summed E-state index contributed by atoms with van der Waals surface area (Å²) in [6.45, 7) is 4.93. The maximum Gasteiger partial charge on any atom is 0.231 e. The molecular formula is C19H19N5O2S2. The summed E-state index contributed by atoms with van der Waals surface area (Å²) < 4.78 is 12.8. The third kappa shape index (κ3) is 3.85. The number of aromatic nitrogens is 2. The lowest BCUT2D eigenvalue weighted by molar-refractivity contribution is 0.174. The minimum atomic E-state index is 0.268. The monoisotopic (exact) mass is 413 g/mol. The van der Waals surface area contributed by atoms with Crippen LogP contribution in [-0.2, 0) is 6.54 Å². The molecule has 0 fully saturated rings. The number of thiocarbonyl (C=S) groups is 1. The lowest BCUT2D eigenvalue weighted by atomic mass is 10.2. The minimum absolute atomic E-state index is 0.268. The van der Waals surface area contributed by atoms with Crippen LogP contribution in [0.4, 0.5) is 0 Å². The summed E-state index contributed by atoms with van der Waals surface area (Å²) in [6, 6.07) is 7.88. The highest BCUT2D eigenvalue weighted by Gasteiger charge is 2.13. The fourth-order valence-corrected chi connectivity index (χ4v) is 3.85. The SMILES string of the molecule is Cc1cc(/C=N\NC(=S)NCc2ccc3c(c2)OCO3)c(C)n1-c1nccs1. The van der Waals surface area contributed by atoms with Gasteiger partial charge in [-0.25, -0.2) is 4.98 Å². The highest BCUT2D eigenvalue weighted by atomic mass is 32.1. The van der Waals surface area contributed by atoms with E-state index in [1.165, 1.54) is 0 Å². The number of thiazole rings is 1. The number of nitrogens with zero attached hydrogens (tertiary/aromatic N) is 3. The Kier molecular flexibility index (Phi) is 5.27. The van der Waals surface area contributed by atoms with E-state index in [9.17, 15) is 0 Å². The second-order valence-electron chi connectivity index (χ2n) is 6.22. The predicted octanol–water partition coefficient (Wildman–Crippen LogP) is 3.28. The zero-order valence-electron chi connectivity index (χ0n) is 15.4. The predicted molar refractivity (Wildman–Crippen MR) is 114 cm³/mol. The van der Waals surface area contributed by atoms with Crippen molar-refractivity contribution in [3.63, 3.8) is 0 Å². The van der Waals surface area contributed by atoms with E-state index >= 15 is 0 Å². The van der Waals surface area contributed by atoms with Gasteiger partial charge in [0, 0.05) is 35.1 Å². The van der Waals surface area contributed by atoms with Gasteiger partial charge in [0.1, 0.15) is 0 Å². The molecule has 2 N–H and O–H groups in total. The Morgan fingerprint density at radius 2 is 2.18 bits per heavy atom. The smallest absolute Gasteiger partial charge is 0.231 e. The van der Waals surface area contributed by atoms with Crippen LogP contribution in [0.3, 0.4) is 0 Å². The van der Waals surface area contributed by atoms with Crippen LogP contribution in [0.1, 0.15) is 22.5 Å². The van der Waals surface area contributed by atoms with Crippen LogP contribution < -0.4 is 20.2 Å². The highest BCUT2D eigenvalue weighted by molar-refractivity contribution is 7.80. The van der Waals surface area contributed by atoms with Crippen molar-refractivity contribution < 1.29 is 9.47 Å². The number of nitrogens with one attached hydrogen (secondary N) is 2. The number of aryl methyl sites for hydroxylation is 1. The average Bonchev–Trinajstić information content (AvgIpc) is 3.41. The van der Waals surface area contributed by atoms with Gasteiger partial charge in [0.15, 0.2) is 21.7 Å². The summed E-state index contributed by atoms with van der Waals surface area (Å²) in [7, 11) is 0. The molecule has 0 amide bonds. The summed E-state index contributed by atoms with van der Waals surface area (Å²) in [6.07, 6.45) is 3.57. The van der Waals surface area contributed by atoms with Gasteiger partial charge in [-0.15, -0.1) is 11.3 Å². The van der Waals surface area contributed by atoms with Crippen LogP contribution in [0.25, 0.3) is 5.13 Å². The quantitative estimate of drug-likeness (QED) is 0.380. The second-order valence-corrected chi connectivity index (χ2v) is 7.50. The summed E-state index contributed by atoms with van der Waals surface area (Å²) in [5, 5.41) is 10.7. The van der Waals surface area contributed by atoms with E-state index in [4.69, 9.17) is 21.7 Å². The third-order valence-electron chi connectivity index (χ3n) is 4.34. The molecule has 7 nitrogen and oxygen atoms in total. The number of fused-ring (bicyclic) bond motifs is 1. The summed E-state index contributed by atoms with van der Waals surface area (Å²) in [4.78, 5) is 4.38. The molecule has 0 unspecified atom stereocenters. The van der Waals surface area contributed by atoms with Gasteiger partial charge >= 0.3 is 0 Å². The van der Waals surface area contributed by atoms with E-state index in [0.29, 0.717) is 11.7 Å². The molecule has 0 saturated heterocycles. The molecule has 0 aliphatic carbocycles. The average molecular weight is 414 g/mol. The topological polar surface area (TPSA) is 72.7 Å². The molecule has 0 bridgehead atoms. The van der Waals surface area contributed by atoms with E-state index in [1.807, 2.05) is 30.5 Å². The number of rotatable bonds is 5. The first-order valence-corrected chi connectivity index (χ1v) is 9.95. The van der Waals surface area contributed by atoms with E-state index in [2.05, 4.69) is 38.4 Å². The number of ether oxygens (including phenoxy) is 2. The molecule has 1 aliphatic rings. The van der Waals surface area contributed by atoms with Crippen molar-refractivity contribution in [2.24, 2.45) is 5.10 Å². The van der Waals surface area contributed by atoms with Crippen molar-refractivity contribution in [1.29, 1.82) is 0 Å². The Morgan fingerprint density at radius 1 is 1.32 bits per heavy atom. The Hall–Kier alpha value is -2.91. The molecule has 3 aromatic rings. The largest absolute Gasteiger partial charge is 0.454 e. The van der Waals surface area contributed by atoms with Crippen molar-refractivity contribution in [2.45, 2.75) is 20.4 Å². The maximum absolute atomic E-state index is 5.38. The lowest BCUT2D eigenvalue weighted by Gasteiger charge is -2.07. The molecule has 3 heterocycles. The number of hydrogen-bond acceptors (Lipinski definition) is 6. The molecule has 144 valence electrons. The zero-order valence-corrected chi connectivity index (χ0v) is 17.1. The molecule has 4 rings (SSSR count).